The molecule has 1 unspecified atom stereocenters. The van der Waals surface area contributed by atoms with Crippen LogP contribution in [0.2, 0.25) is 0 Å². The van der Waals surface area contributed by atoms with Crippen molar-refractivity contribution in [2.75, 3.05) is 6.79 Å². The third kappa shape index (κ3) is 4.39. The van der Waals surface area contributed by atoms with E-state index in [0.29, 0.717) is 6.61 Å². The lowest BCUT2D eigenvalue weighted by Gasteiger charge is -2.09. The molecule has 3 nitrogen and oxygen atoms in total. The van der Waals surface area contributed by atoms with E-state index in [4.69, 9.17) is 15.2 Å². The molecule has 0 fully saturated rings. The highest BCUT2D eigenvalue weighted by molar-refractivity contribution is 5.28. The SMILES string of the molecule is CC(N)c1ccc(OCOCc2ccccc2)cc1. The number of rotatable bonds is 6. The Hall–Kier alpha value is -1.84. The minimum atomic E-state index is 0.0448. The van der Waals surface area contributed by atoms with Gasteiger partial charge in [-0.2, -0.15) is 0 Å². The molecule has 3 heteroatoms. The van der Waals surface area contributed by atoms with E-state index in [0.717, 1.165) is 16.9 Å². The van der Waals surface area contributed by atoms with Crippen LogP contribution in [0.15, 0.2) is 54.6 Å². The summed E-state index contributed by atoms with van der Waals surface area (Å²) in [6.45, 7) is 2.75. The highest BCUT2D eigenvalue weighted by Crippen LogP contribution is 2.16. The van der Waals surface area contributed by atoms with Crippen LogP contribution in [-0.2, 0) is 11.3 Å². The Labute approximate surface area is 114 Å². The summed E-state index contributed by atoms with van der Waals surface area (Å²) in [6.07, 6.45) is 0. The van der Waals surface area contributed by atoms with Crippen LogP contribution in [0, 0.1) is 0 Å². The van der Waals surface area contributed by atoms with Crippen molar-refractivity contribution in [3.05, 3.63) is 65.7 Å². The second kappa shape index (κ2) is 6.92. The Morgan fingerprint density at radius 3 is 2.32 bits per heavy atom. The number of ether oxygens (including phenoxy) is 2. The highest BCUT2D eigenvalue weighted by Gasteiger charge is 1.99. The van der Waals surface area contributed by atoms with Crippen molar-refractivity contribution in [3.63, 3.8) is 0 Å². The quantitative estimate of drug-likeness (QED) is 0.638. The van der Waals surface area contributed by atoms with Gasteiger partial charge < -0.3 is 15.2 Å². The van der Waals surface area contributed by atoms with Gasteiger partial charge in [-0.1, -0.05) is 42.5 Å². The number of nitrogens with two attached hydrogens (primary N) is 1. The number of hydrogen-bond acceptors (Lipinski definition) is 3. The van der Waals surface area contributed by atoms with E-state index >= 15 is 0 Å². The maximum absolute atomic E-state index is 5.78. The normalized spacial score (nSPS) is 12.1. The molecule has 2 rings (SSSR count). The Bertz CT molecular complexity index is 480. The van der Waals surface area contributed by atoms with Gasteiger partial charge in [-0.05, 0) is 30.2 Å². The zero-order valence-electron chi connectivity index (χ0n) is 11.1. The van der Waals surface area contributed by atoms with Gasteiger partial charge in [0.25, 0.3) is 0 Å². The molecule has 2 aromatic carbocycles. The van der Waals surface area contributed by atoms with Crippen molar-refractivity contribution in [1.29, 1.82) is 0 Å². The van der Waals surface area contributed by atoms with Crippen LogP contribution in [-0.4, -0.2) is 6.79 Å². The summed E-state index contributed by atoms with van der Waals surface area (Å²) in [7, 11) is 0. The lowest BCUT2D eigenvalue weighted by molar-refractivity contribution is 0.00504. The van der Waals surface area contributed by atoms with Crippen LogP contribution >= 0.6 is 0 Å². The fourth-order valence-electron chi connectivity index (χ4n) is 1.71. The van der Waals surface area contributed by atoms with Crippen LogP contribution in [0.5, 0.6) is 5.75 Å². The smallest absolute Gasteiger partial charge is 0.189 e. The van der Waals surface area contributed by atoms with Crippen molar-refractivity contribution in [1.82, 2.24) is 0 Å². The molecule has 0 aliphatic carbocycles. The van der Waals surface area contributed by atoms with Gasteiger partial charge in [0.1, 0.15) is 5.75 Å². The molecule has 19 heavy (non-hydrogen) atoms. The summed E-state index contributed by atoms with van der Waals surface area (Å²) in [6, 6.07) is 17.8. The van der Waals surface area contributed by atoms with Crippen molar-refractivity contribution in [2.24, 2.45) is 5.73 Å². The summed E-state index contributed by atoms with van der Waals surface area (Å²) in [5, 5.41) is 0. The van der Waals surface area contributed by atoms with E-state index in [1.54, 1.807) is 0 Å². The second-order valence-corrected chi connectivity index (χ2v) is 4.45. The van der Waals surface area contributed by atoms with E-state index in [9.17, 15) is 0 Å². The third-order valence-electron chi connectivity index (χ3n) is 2.83. The largest absolute Gasteiger partial charge is 0.468 e. The van der Waals surface area contributed by atoms with E-state index < -0.39 is 0 Å². The van der Waals surface area contributed by atoms with Gasteiger partial charge in [0.2, 0.25) is 0 Å². The molecule has 0 spiro atoms. The molecular formula is C16H19NO2. The van der Waals surface area contributed by atoms with Crippen molar-refractivity contribution in [3.8, 4) is 5.75 Å². The molecule has 0 saturated heterocycles. The first-order valence-corrected chi connectivity index (χ1v) is 6.36. The zero-order chi connectivity index (χ0) is 13.5. The summed E-state index contributed by atoms with van der Waals surface area (Å²) in [4.78, 5) is 0. The molecule has 0 saturated carbocycles. The number of benzene rings is 2. The monoisotopic (exact) mass is 257 g/mol. The van der Waals surface area contributed by atoms with Crippen LogP contribution in [0.4, 0.5) is 0 Å². The first-order valence-electron chi connectivity index (χ1n) is 6.36. The van der Waals surface area contributed by atoms with Crippen molar-refractivity contribution < 1.29 is 9.47 Å². The Morgan fingerprint density at radius 2 is 1.68 bits per heavy atom. The summed E-state index contributed by atoms with van der Waals surface area (Å²) >= 11 is 0. The lowest BCUT2D eigenvalue weighted by Crippen LogP contribution is -2.05. The Kier molecular flexibility index (Phi) is 4.95. The summed E-state index contributed by atoms with van der Waals surface area (Å²) in [5.41, 5.74) is 8.02. The predicted octanol–water partition coefficient (Wildman–Crippen LogP) is 3.26. The second-order valence-electron chi connectivity index (χ2n) is 4.45. The van der Waals surface area contributed by atoms with Crippen LogP contribution in [0.25, 0.3) is 0 Å². The molecule has 0 heterocycles. The van der Waals surface area contributed by atoms with Gasteiger partial charge in [0.15, 0.2) is 6.79 Å². The molecule has 0 amide bonds. The van der Waals surface area contributed by atoms with E-state index in [-0.39, 0.29) is 12.8 Å². The predicted molar refractivity (Wildman–Crippen MR) is 75.8 cm³/mol. The molecule has 0 bridgehead atoms. The van der Waals surface area contributed by atoms with Gasteiger partial charge in [-0.25, -0.2) is 0 Å². The molecule has 0 radical (unpaired) electrons. The fraction of sp³-hybridized carbons (Fsp3) is 0.250. The summed E-state index contributed by atoms with van der Waals surface area (Å²) in [5.74, 6) is 0.789. The van der Waals surface area contributed by atoms with Crippen LogP contribution in [0.1, 0.15) is 24.1 Å². The van der Waals surface area contributed by atoms with Crippen molar-refractivity contribution in [2.45, 2.75) is 19.6 Å². The third-order valence-corrected chi connectivity index (χ3v) is 2.83. The lowest BCUT2D eigenvalue weighted by atomic mass is 10.1. The summed E-state index contributed by atoms with van der Waals surface area (Å²) < 4.78 is 11.0. The topological polar surface area (TPSA) is 44.5 Å². The van der Waals surface area contributed by atoms with Gasteiger partial charge >= 0.3 is 0 Å². The zero-order valence-corrected chi connectivity index (χ0v) is 11.1. The first kappa shape index (κ1) is 13.6. The fourth-order valence-corrected chi connectivity index (χ4v) is 1.71. The van der Waals surface area contributed by atoms with Crippen LogP contribution in [0.3, 0.4) is 0 Å². The molecule has 1 atom stereocenters. The van der Waals surface area contributed by atoms with Gasteiger partial charge in [-0.15, -0.1) is 0 Å². The molecule has 0 aromatic heterocycles. The standard InChI is InChI=1S/C16H19NO2/c1-13(17)15-7-9-16(10-8-15)19-12-18-11-14-5-3-2-4-6-14/h2-10,13H,11-12,17H2,1H3. The highest BCUT2D eigenvalue weighted by atomic mass is 16.7. The maximum atomic E-state index is 5.78. The first-order chi connectivity index (χ1) is 9.25. The van der Waals surface area contributed by atoms with Gasteiger partial charge in [0, 0.05) is 6.04 Å². The van der Waals surface area contributed by atoms with Gasteiger partial charge in [-0.3, -0.25) is 0 Å². The molecule has 100 valence electrons. The van der Waals surface area contributed by atoms with Gasteiger partial charge in [0.05, 0.1) is 6.61 Å². The van der Waals surface area contributed by atoms with Crippen LogP contribution < -0.4 is 10.5 Å². The van der Waals surface area contributed by atoms with E-state index in [1.165, 1.54) is 0 Å². The molecular weight excluding hydrogens is 238 g/mol. The van der Waals surface area contributed by atoms with E-state index in [2.05, 4.69) is 0 Å². The average molecular weight is 257 g/mol. The molecule has 2 aromatic rings. The Morgan fingerprint density at radius 1 is 1.00 bits per heavy atom. The molecule has 0 aliphatic heterocycles. The Balaban J connectivity index is 1.74. The molecule has 2 N–H and O–H groups in total. The van der Waals surface area contributed by atoms with Crippen molar-refractivity contribution >= 4 is 0 Å². The minimum absolute atomic E-state index is 0.0448. The number of hydrogen-bond donors (Lipinski definition) is 1. The maximum Gasteiger partial charge on any atom is 0.189 e. The van der Waals surface area contributed by atoms with E-state index in [1.807, 2.05) is 61.5 Å². The average Bonchev–Trinajstić information content (AvgIpc) is 2.45. The minimum Gasteiger partial charge on any atom is -0.468 e. The molecule has 0 aliphatic rings.